The summed E-state index contributed by atoms with van der Waals surface area (Å²) in [5.41, 5.74) is 3.36. The summed E-state index contributed by atoms with van der Waals surface area (Å²) in [6, 6.07) is 10.1. The maximum atomic E-state index is 9.97. The summed E-state index contributed by atoms with van der Waals surface area (Å²) in [7, 11) is 0. The second-order valence-electron chi connectivity index (χ2n) is 5.59. The second kappa shape index (κ2) is 6.61. The van der Waals surface area contributed by atoms with Gasteiger partial charge in [-0.25, -0.2) is 0 Å². The predicted octanol–water partition coefficient (Wildman–Crippen LogP) is 3.71. The molecule has 1 heterocycles. The van der Waals surface area contributed by atoms with Crippen LogP contribution in [-0.2, 0) is 13.2 Å². The smallest absolute Gasteiger partial charge is 0.229 e. The molecule has 0 radical (unpaired) electrons. The maximum absolute atomic E-state index is 9.97. The van der Waals surface area contributed by atoms with Gasteiger partial charge >= 0.3 is 0 Å². The molecule has 112 valence electrons. The lowest BCUT2D eigenvalue weighted by Crippen LogP contribution is -2.35. The number of ether oxygens (including phenoxy) is 1. The summed E-state index contributed by atoms with van der Waals surface area (Å²) in [5, 5.41) is 9.97. The number of nitrogens with zero attached hydrogens (tertiary/aromatic N) is 1. The minimum Gasteiger partial charge on any atom is -0.504 e. The molecule has 21 heavy (non-hydrogen) atoms. The molecule has 1 aromatic heterocycles. The lowest BCUT2D eigenvalue weighted by atomic mass is 10.0. The third kappa shape index (κ3) is 3.54. The van der Waals surface area contributed by atoms with Gasteiger partial charge in [-0.15, -0.1) is 0 Å². The lowest BCUT2D eigenvalue weighted by molar-refractivity contribution is -0.699. The molecule has 0 aliphatic heterocycles. The Kier molecular flexibility index (Phi) is 4.84. The SMILES string of the molecule is CC[n+]1ccc(O)c(OCc2ccc(C(C)C)cc2)c1C. The van der Waals surface area contributed by atoms with Gasteiger partial charge in [0.15, 0.2) is 11.9 Å². The van der Waals surface area contributed by atoms with Crippen LogP contribution in [0, 0.1) is 6.92 Å². The van der Waals surface area contributed by atoms with Crippen molar-refractivity contribution in [2.24, 2.45) is 0 Å². The van der Waals surface area contributed by atoms with Crippen LogP contribution in [0.2, 0.25) is 0 Å². The van der Waals surface area contributed by atoms with Crippen molar-refractivity contribution in [1.29, 1.82) is 0 Å². The first-order valence-corrected chi connectivity index (χ1v) is 7.46. The van der Waals surface area contributed by atoms with Crippen molar-refractivity contribution < 1.29 is 14.4 Å². The van der Waals surface area contributed by atoms with Gasteiger partial charge in [-0.05, 0) is 24.0 Å². The molecule has 2 rings (SSSR count). The van der Waals surface area contributed by atoms with Crippen LogP contribution in [0.3, 0.4) is 0 Å². The fourth-order valence-corrected chi connectivity index (χ4v) is 2.34. The van der Waals surface area contributed by atoms with Crippen molar-refractivity contribution >= 4 is 0 Å². The van der Waals surface area contributed by atoms with E-state index in [1.807, 2.05) is 13.1 Å². The van der Waals surface area contributed by atoms with Crippen molar-refractivity contribution in [3.63, 3.8) is 0 Å². The van der Waals surface area contributed by atoms with E-state index in [0.717, 1.165) is 17.8 Å². The van der Waals surface area contributed by atoms with Crippen LogP contribution in [0.5, 0.6) is 11.5 Å². The van der Waals surface area contributed by atoms with Gasteiger partial charge in [0.1, 0.15) is 13.2 Å². The minimum atomic E-state index is 0.191. The first kappa shape index (κ1) is 15.4. The highest BCUT2D eigenvalue weighted by atomic mass is 16.5. The Morgan fingerprint density at radius 1 is 1.14 bits per heavy atom. The summed E-state index contributed by atoms with van der Waals surface area (Å²) in [6.07, 6.45) is 1.87. The van der Waals surface area contributed by atoms with E-state index in [4.69, 9.17) is 4.74 Å². The number of hydrogen-bond acceptors (Lipinski definition) is 2. The molecule has 0 spiro atoms. The molecule has 1 aromatic carbocycles. The van der Waals surface area contributed by atoms with E-state index in [-0.39, 0.29) is 5.75 Å². The van der Waals surface area contributed by atoms with Gasteiger partial charge in [0.25, 0.3) is 0 Å². The van der Waals surface area contributed by atoms with Crippen LogP contribution in [0.1, 0.15) is 43.5 Å². The molecule has 0 fully saturated rings. The van der Waals surface area contributed by atoms with E-state index < -0.39 is 0 Å². The Morgan fingerprint density at radius 2 is 1.81 bits per heavy atom. The summed E-state index contributed by atoms with van der Waals surface area (Å²) < 4.78 is 7.88. The Balaban J connectivity index is 2.13. The second-order valence-corrected chi connectivity index (χ2v) is 5.59. The largest absolute Gasteiger partial charge is 0.504 e. The Labute approximate surface area is 126 Å². The molecule has 0 unspecified atom stereocenters. The molecule has 0 saturated heterocycles. The molecular weight excluding hydrogens is 262 g/mol. The topological polar surface area (TPSA) is 33.3 Å². The molecule has 0 aliphatic carbocycles. The Hall–Kier alpha value is -2.03. The number of aromatic hydroxyl groups is 1. The van der Waals surface area contributed by atoms with Crippen LogP contribution >= 0.6 is 0 Å². The van der Waals surface area contributed by atoms with Crippen LogP contribution in [0.4, 0.5) is 0 Å². The average Bonchev–Trinajstić information content (AvgIpc) is 2.47. The van der Waals surface area contributed by atoms with Crippen molar-refractivity contribution in [2.45, 2.75) is 46.8 Å². The number of aromatic nitrogens is 1. The highest BCUT2D eigenvalue weighted by Gasteiger charge is 2.16. The van der Waals surface area contributed by atoms with Crippen LogP contribution < -0.4 is 9.30 Å². The normalized spacial score (nSPS) is 10.9. The molecular formula is C18H24NO2+. The van der Waals surface area contributed by atoms with Gasteiger partial charge in [0.05, 0.1) is 0 Å². The van der Waals surface area contributed by atoms with Crippen LogP contribution in [0.25, 0.3) is 0 Å². The first-order chi connectivity index (χ1) is 10.0. The maximum Gasteiger partial charge on any atom is 0.229 e. The van der Waals surface area contributed by atoms with E-state index in [0.29, 0.717) is 18.3 Å². The zero-order chi connectivity index (χ0) is 15.4. The Bertz CT molecular complexity index is 603. The molecule has 3 nitrogen and oxygen atoms in total. The summed E-state index contributed by atoms with van der Waals surface area (Å²) in [6.45, 7) is 9.70. The van der Waals surface area contributed by atoms with Crippen LogP contribution in [-0.4, -0.2) is 5.11 Å². The van der Waals surface area contributed by atoms with E-state index in [1.165, 1.54) is 5.56 Å². The number of hydrogen-bond donors (Lipinski definition) is 1. The monoisotopic (exact) mass is 286 g/mol. The molecule has 1 N–H and O–H groups in total. The predicted molar refractivity (Wildman–Crippen MR) is 83.6 cm³/mol. The van der Waals surface area contributed by atoms with Gasteiger partial charge in [0, 0.05) is 13.0 Å². The molecule has 0 atom stereocenters. The molecule has 0 amide bonds. The van der Waals surface area contributed by atoms with Crippen molar-refractivity contribution in [3.8, 4) is 11.5 Å². The summed E-state index contributed by atoms with van der Waals surface area (Å²) in [4.78, 5) is 0. The minimum absolute atomic E-state index is 0.191. The molecule has 2 aromatic rings. The summed E-state index contributed by atoms with van der Waals surface area (Å²) >= 11 is 0. The number of aryl methyl sites for hydroxylation is 1. The van der Waals surface area contributed by atoms with Gasteiger partial charge in [-0.3, -0.25) is 0 Å². The quantitative estimate of drug-likeness (QED) is 0.850. The van der Waals surface area contributed by atoms with Gasteiger partial charge < -0.3 is 9.84 Å². The zero-order valence-corrected chi connectivity index (χ0v) is 13.3. The molecule has 0 aliphatic rings. The van der Waals surface area contributed by atoms with Crippen molar-refractivity contribution in [3.05, 3.63) is 53.3 Å². The zero-order valence-electron chi connectivity index (χ0n) is 13.3. The highest BCUT2D eigenvalue weighted by molar-refractivity contribution is 5.38. The number of pyridine rings is 1. The number of rotatable bonds is 5. The number of benzene rings is 1. The van der Waals surface area contributed by atoms with E-state index in [1.54, 1.807) is 6.07 Å². The fraction of sp³-hybridized carbons (Fsp3) is 0.389. The van der Waals surface area contributed by atoms with E-state index >= 15 is 0 Å². The van der Waals surface area contributed by atoms with E-state index in [9.17, 15) is 5.11 Å². The third-order valence-corrected chi connectivity index (χ3v) is 3.77. The molecule has 0 bridgehead atoms. The van der Waals surface area contributed by atoms with Crippen molar-refractivity contribution in [2.75, 3.05) is 0 Å². The standard InChI is InChI=1S/C18H23NO2/c1-5-19-11-10-17(20)18(14(19)4)21-12-15-6-8-16(9-7-15)13(2)3/h6-11,13H,5,12H2,1-4H3/p+1. The van der Waals surface area contributed by atoms with Gasteiger partial charge in [-0.1, -0.05) is 38.1 Å². The van der Waals surface area contributed by atoms with Gasteiger partial charge in [-0.2, -0.15) is 4.57 Å². The average molecular weight is 286 g/mol. The fourth-order valence-electron chi connectivity index (χ4n) is 2.34. The molecule has 0 saturated carbocycles. The lowest BCUT2D eigenvalue weighted by Gasteiger charge is -2.11. The van der Waals surface area contributed by atoms with Gasteiger partial charge in [0.2, 0.25) is 11.4 Å². The summed E-state index contributed by atoms with van der Waals surface area (Å²) in [5.74, 6) is 1.28. The third-order valence-electron chi connectivity index (χ3n) is 3.77. The molecule has 3 heteroatoms. The first-order valence-electron chi connectivity index (χ1n) is 7.46. The Morgan fingerprint density at radius 3 is 2.38 bits per heavy atom. The highest BCUT2D eigenvalue weighted by Crippen LogP contribution is 2.27. The van der Waals surface area contributed by atoms with Crippen LogP contribution in [0.15, 0.2) is 36.5 Å². The van der Waals surface area contributed by atoms with Crippen molar-refractivity contribution in [1.82, 2.24) is 0 Å². The van der Waals surface area contributed by atoms with E-state index in [2.05, 4.69) is 49.6 Å².